The fourth-order valence-corrected chi connectivity index (χ4v) is 3.32. The highest BCUT2D eigenvalue weighted by molar-refractivity contribution is 5.78. The van der Waals surface area contributed by atoms with Gasteiger partial charge in [-0.3, -0.25) is 0 Å². The summed E-state index contributed by atoms with van der Waals surface area (Å²) in [4.78, 5) is 0. The normalized spacial score (nSPS) is 26.9. The molecule has 32 heavy (non-hydrogen) atoms. The van der Waals surface area contributed by atoms with Crippen molar-refractivity contribution in [1.29, 1.82) is 0 Å². The fourth-order valence-electron chi connectivity index (χ4n) is 3.32. The standard InChI is InChI=1S/C24H26O8/c1-2-22(31-13-20-11-29-20)24(23(3-1)32-14-21-12-30-21)15-4-16(25-7-18-9-27-18)6-17(5-15)26-8-19-10-28-19/h1-6,18-21H,7-14H2. The molecule has 0 spiro atoms. The summed E-state index contributed by atoms with van der Waals surface area (Å²) in [5, 5.41) is 0. The van der Waals surface area contributed by atoms with Crippen molar-refractivity contribution in [3.05, 3.63) is 36.4 Å². The predicted octanol–water partition coefficient (Wildman–Crippen LogP) is 2.46. The lowest BCUT2D eigenvalue weighted by Crippen LogP contribution is -2.09. The molecule has 170 valence electrons. The van der Waals surface area contributed by atoms with Crippen LogP contribution in [0.4, 0.5) is 0 Å². The highest BCUT2D eigenvalue weighted by atomic mass is 16.6. The Balaban J connectivity index is 1.32. The summed E-state index contributed by atoms with van der Waals surface area (Å²) < 4.78 is 45.4. The van der Waals surface area contributed by atoms with E-state index in [0.717, 1.165) is 49.1 Å². The third-order valence-corrected chi connectivity index (χ3v) is 5.49. The lowest BCUT2D eigenvalue weighted by molar-refractivity contribution is 0.251. The monoisotopic (exact) mass is 442 g/mol. The molecular weight excluding hydrogens is 416 g/mol. The van der Waals surface area contributed by atoms with Gasteiger partial charge in [-0.15, -0.1) is 0 Å². The van der Waals surface area contributed by atoms with Gasteiger partial charge in [0.1, 0.15) is 73.8 Å². The molecule has 4 fully saturated rings. The van der Waals surface area contributed by atoms with E-state index < -0.39 is 0 Å². The number of benzene rings is 2. The third kappa shape index (κ3) is 5.45. The Kier molecular flexibility index (Phi) is 5.52. The van der Waals surface area contributed by atoms with E-state index in [-0.39, 0.29) is 24.4 Å². The summed E-state index contributed by atoms with van der Waals surface area (Å²) in [6.45, 7) is 4.96. The van der Waals surface area contributed by atoms with Crippen molar-refractivity contribution >= 4 is 0 Å². The van der Waals surface area contributed by atoms with Crippen molar-refractivity contribution in [2.45, 2.75) is 24.4 Å². The van der Waals surface area contributed by atoms with Gasteiger partial charge < -0.3 is 37.9 Å². The van der Waals surface area contributed by atoms with Gasteiger partial charge in [-0.2, -0.15) is 0 Å². The van der Waals surface area contributed by atoms with Crippen molar-refractivity contribution in [3.63, 3.8) is 0 Å². The second-order valence-electron chi connectivity index (χ2n) is 8.39. The minimum absolute atomic E-state index is 0.151. The Morgan fingerprint density at radius 1 is 0.594 bits per heavy atom. The highest BCUT2D eigenvalue weighted by Gasteiger charge is 2.28. The maximum Gasteiger partial charge on any atom is 0.131 e. The quantitative estimate of drug-likeness (QED) is 0.437. The van der Waals surface area contributed by atoms with Crippen molar-refractivity contribution in [2.24, 2.45) is 0 Å². The first-order valence-corrected chi connectivity index (χ1v) is 11.1. The van der Waals surface area contributed by atoms with E-state index in [1.165, 1.54) is 0 Å². The van der Waals surface area contributed by atoms with Crippen LogP contribution in [0.25, 0.3) is 11.1 Å². The summed E-state index contributed by atoms with van der Waals surface area (Å²) in [5.41, 5.74) is 1.75. The molecular formula is C24H26O8. The Bertz CT molecular complexity index is 879. The van der Waals surface area contributed by atoms with Gasteiger partial charge in [0.15, 0.2) is 0 Å². The SMILES string of the molecule is c1cc(OCC2CO2)c(-c2cc(OCC3CO3)cc(OCC3CO3)c2)c(OCC2CO2)c1. The van der Waals surface area contributed by atoms with E-state index in [1.807, 2.05) is 36.4 Å². The molecule has 2 aromatic rings. The summed E-state index contributed by atoms with van der Waals surface area (Å²) >= 11 is 0. The third-order valence-electron chi connectivity index (χ3n) is 5.49. The Hall–Kier alpha value is -2.52. The minimum Gasteiger partial charge on any atom is -0.491 e. The van der Waals surface area contributed by atoms with Crippen molar-refractivity contribution in [2.75, 3.05) is 52.9 Å². The summed E-state index contributed by atoms with van der Waals surface area (Å²) in [6.07, 6.45) is 0.625. The van der Waals surface area contributed by atoms with Gasteiger partial charge in [0.2, 0.25) is 0 Å². The van der Waals surface area contributed by atoms with Gasteiger partial charge in [-0.25, -0.2) is 0 Å². The van der Waals surface area contributed by atoms with Crippen LogP contribution in [0.2, 0.25) is 0 Å². The Labute approximate surface area is 186 Å². The summed E-state index contributed by atoms with van der Waals surface area (Å²) in [7, 11) is 0. The van der Waals surface area contributed by atoms with Crippen LogP contribution in [-0.4, -0.2) is 77.3 Å². The van der Waals surface area contributed by atoms with Crippen molar-refractivity contribution < 1.29 is 37.9 Å². The second-order valence-corrected chi connectivity index (χ2v) is 8.39. The van der Waals surface area contributed by atoms with Gasteiger partial charge in [0, 0.05) is 6.07 Å². The zero-order chi connectivity index (χ0) is 21.3. The first-order chi connectivity index (χ1) is 15.8. The van der Waals surface area contributed by atoms with Gasteiger partial charge in [0.25, 0.3) is 0 Å². The fraction of sp³-hybridized carbons (Fsp3) is 0.500. The Morgan fingerprint density at radius 2 is 1.00 bits per heavy atom. The van der Waals surface area contributed by atoms with Gasteiger partial charge in [0.05, 0.1) is 32.0 Å². The van der Waals surface area contributed by atoms with Crippen LogP contribution in [0, 0.1) is 0 Å². The lowest BCUT2D eigenvalue weighted by Gasteiger charge is -2.18. The van der Waals surface area contributed by atoms with Crippen LogP contribution >= 0.6 is 0 Å². The first-order valence-electron chi connectivity index (χ1n) is 11.1. The topological polar surface area (TPSA) is 87.0 Å². The maximum absolute atomic E-state index is 6.12. The molecule has 0 bridgehead atoms. The second kappa shape index (κ2) is 8.78. The molecule has 4 saturated heterocycles. The Morgan fingerprint density at radius 3 is 1.41 bits per heavy atom. The van der Waals surface area contributed by atoms with Crippen LogP contribution in [0.5, 0.6) is 23.0 Å². The van der Waals surface area contributed by atoms with E-state index in [9.17, 15) is 0 Å². The molecule has 4 aliphatic heterocycles. The van der Waals surface area contributed by atoms with Gasteiger partial charge in [-0.05, 0) is 29.8 Å². The number of ether oxygens (including phenoxy) is 8. The van der Waals surface area contributed by atoms with Gasteiger partial charge in [-0.1, -0.05) is 6.07 Å². The van der Waals surface area contributed by atoms with Crippen molar-refractivity contribution in [3.8, 4) is 34.1 Å². The molecule has 8 heteroatoms. The molecule has 0 saturated carbocycles. The van der Waals surface area contributed by atoms with Crippen LogP contribution in [-0.2, 0) is 18.9 Å². The molecule has 2 aromatic carbocycles. The van der Waals surface area contributed by atoms with E-state index >= 15 is 0 Å². The molecule has 4 heterocycles. The minimum atomic E-state index is 0.151. The molecule has 0 amide bonds. The zero-order valence-electron chi connectivity index (χ0n) is 17.7. The molecule has 0 aromatic heterocycles. The summed E-state index contributed by atoms with van der Waals surface area (Å²) in [6, 6.07) is 11.7. The van der Waals surface area contributed by atoms with E-state index in [0.29, 0.717) is 37.9 Å². The molecule has 4 unspecified atom stereocenters. The molecule has 0 aliphatic carbocycles. The average molecular weight is 442 g/mol. The lowest BCUT2D eigenvalue weighted by atomic mass is 10.0. The van der Waals surface area contributed by atoms with Crippen LogP contribution in [0.1, 0.15) is 0 Å². The molecule has 0 N–H and O–H groups in total. The average Bonchev–Trinajstić information content (AvgIpc) is 3.65. The van der Waals surface area contributed by atoms with Crippen molar-refractivity contribution in [1.82, 2.24) is 0 Å². The van der Waals surface area contributed by atoms with Gasteiger partial charge >= 0.3 is 0 Å². The van der Waals surface area contributed by atoms with Crippen LogP contribution in [0.3, 0.4) is 0 Å². The molecule has 6 rings (SSSR count). The zero-order valence-corrected chi connectivity index (χ0v) is 17.7. The molecule has 4 atom stereocenters. The smallest absolute Gasteiger partial charge is 0.131 e. The first kappa shape index (κ1) is 20.1. The maximum atomic E-state index is 6.12. The van der Waals surface area contributed by atoms with Crippen LogP contribution in [0.15, 0.2) is 36.4 Å². The number of hydrogen-bond acceptors (Lipinski definition) is 8. The van der Waals surface area contributed by atoms with E-state index in [4.69, 9.17) is 37.9 Å². The molecule has 0 radical (unpaired) electrons. The summed E-state index contributed by atoms with van der Waals surface area (Å²) in [5.74, 6) is 2.88. The number of epoxide rings is 4. The van der Waals surface area contributed by atoms with Crippen LogP contribution < -0.4 is 18.9 Å². The predicted molar refractivity (Wildman–Crippen MR) is 113 cm³/mol. The molecule has 8 nitrogen and oxygen atoms in total. The van der Waals surface area contributed by atoms with E-state index in [1.54, 1.807) is 0 Å². The largest absolute Gasteiger partial charge is 0.491 e. The number of rotatable bonds is 13. The molecule has 4 aliphatic rings. The highest BCUT2D eigenvalue weighted by Crippen LogP contribution is 2.42. The number of hydrogen-bond donors (Lipinski definition) is 0. The van der Waals surface area contributed by atoms with E-state index in [2.05, 4.69) is 0 Å².